The highest BCUT2D eigenvalue weighted by atomic mass is 16.2. The van der Waals surface area contributed by atoms with Crippen LogP contribution in [0.15, 0.2) is 59.7 Å². The molecule has 10 nitrogen and oxygen atoms in total. The van der Waals surface area contributed by atoms with Crippen molar-refractivity contribution in [2.45, 2.75) is 39.0 Å². The van der Waals surface area contributed by atoms with Crippen LogP contribution < -0.4 is 21.4 Å². The Balaban J connectivity index is 1.56. The lowest BCUT2D eigenvalue weighted by molar-refractivity contribution is -0.119. The van der Waals surface area contributed by atoms with E-state index < -0.39 is 29.0 Å². The summed E-state index contributed by atoms with van der Waals surface area (Å²) in [4.78, 5) is 47.1. The first kappa shape index (κ1) is 25.1. The largest absolute Gasteiger partial charge is 0.328 e. The minimum atomic E-state index is -0.919. The van der Waals surface area contributed by atoms with Gasteiger partial charge in [-0.15, -0.1) is 0 Å². The molecule has 2 aromatic carbocycles. The number of anilines is 2. The van der Waals surface area contributed by atoms with Crippen LogP contribution >= 0.6 is 0 Å². The monoisotopic (exact) mass is 474 g/mol. The third-order valence-corrected chi connectivity index (χ3v) is 5.63. The van der Waals surface area contributed by atoms with Crippen LogP contribution in [0.2, 0.25) is 0 Å². The number of carbonyl (C=O) groups is 4. The first-order chi connectivity index (χ1) is 16.7. The molecule has 3 rings (SSSR count). The van der Waals surface area contributed by atoms with Gasteiger partial charge >= 0.3 is 6.03 Å². The fourth-order valence-corrected chi connectivity index (χ4v) is 3.74. The number of nitrogens with one attached hydrogen (secondary N) is 4. The van der Waals surface area contributed by atoms with Crippen LogP contribution in [-0.4, -0.2) is 29.5 Å². The summed E-state index contributed by atoms with van der Waals surface area (Å²) in [5.41, 5.74) is 3.45. The molecule has 0 spiro atoms. The number of rotatable bonds is 9. The molecule has 2 aromatic rings. The van der Waals surface area contributed by atoms with E-state index in [1.807, 2.05) is 47.9 Å². The Kier molecular flexibility index (Phi) is 7.94. The molecule has 1 aliphatic heterocycles. The predicted molar refractivity (Wildman–Crippen MR) is 130 cm³/mol. The maximum atomic E-state index is 12.6. The number of urea groups is 1. The molecule has 180 valence electrons. The van der Waals surface area contributed by atoms with E-state index >= 15 is 0 Å². The average molecular weight is 475 g/mol. The Hall–Kier alpha value is -4.52. The molecule has 1 fully saturated rings. The van der Waals surface area contributed by atoms with E-state index in [9.17, 15) is 24.4 Å². The van der Waals surface area contributed by atoms with Gasteiger partial charge in [0.15, 0.2) is 0 Å². The van der Waals surface area contributed by atoms with Gasteiger partial charge in [0, 0.05) is 12.1 Å². The Labute approximate surface area is 202 Å². The summed E-state index contributed by atoms with van der Waals surface area (Å²) >= 11 is 0. The smallest absolute Gasteiger partial charge is 0.326 e. The molecule has 0 bridgehead atoms. The van der Waals surface area contributed by atoms with Gasteiger partial charge < -0.3 is 5.32 Å². The number of nitrogens with zero attached hydrogens (tertiary/aromatic N) is 2. The van der Waals surface area contributed by atoms with Gasteiger partial charge in [0.1, 0.15) is 0 Å². The van der Waals surface area contributed by atoms with Crippen molar-refractivity contribution in [2.24, 2.45) is 10.5 Å². The number of nitriles is 1. The van der Waals surface area contributed by atoms with E-state index in [1.165, 1.54) is 0 Å². The highest BCUT2D eigenvalue weighted by molar-refractivity contribution is 6.68. The van der Waals surface area contributed by atoms with Crippen molar-refractivity contribution in [3.8, 4) is 6.07 Å². The number of benzene rings is 2. The van der Waals surface area contributed by atoms with Crippen molar-refractivity contribution in [3.63, 3.8) is 0 Å². The summed E-state index contributed by atoms with van der Waals surface area (Å²) in [5, 5.41) is 20.1. The summed E-state index contributed by atoms with van der Waals surface area (Å²) in [7, 11) is 0. The molecular formula is C25H26N6O4. The minimum absolute atomic E-state index is 0.167. The zero-order valence-corrected chi connectivity index (χ0v) is 19.4. The van der Waals surface area contributed by atoms with Crippen LogP contribution in [0.4, 0.5) is 16.2 Å². The van der Waals surface area contributed by atoms with Crippen LogP contribution in [0.25, 0.3) is 0 Å². The number of hydrogen-bond donors (Lipinski definition) is 4. The number of amides is 5. The van der Waals surface area contributed by atoms with E-state index in [1.54, 1.807) is 24.3 Å². The van der Waals surface area contributed by atoms with E-state index in [2.05, 4.69) is 28.8 Å². The average Bonchev–Trinajstić information content (AvgIpc) is 2.83. The predicted octanol–water partition coefficient (Wildman–Crippen LogP) is 3.26. The molecule has 5 amide bonds. The van der Waals surface area contributed by atoms with Gasteiger partial charge in [-0.25, -0.2) is 4.79 Å². The number of hydrogen-bond acceptors (Lipinski definition) is 7. The summed E-state index contributed by atoms with van der Waals surface area (Å²) < 4.78 is 0. The Morgan fingerprint density at radius 3 is 2.37 bits per heavy atom. The topological polar surface area (TPSA) is 153 Å². The van der Waals surface area contributed by atoms with Crippen molar-refractivity contribution < 1.29 is 19.2 Å². The maximum Gasteiger partial charge on any atom is 0.328 e. The summed E-state index contributed by atoms with van der Waals surface area (Å²) in [6.07, 6.45) is 1.20. The standard InChI is InChI=1S/C25H26N6O4/c1-16(17-7-4-3-5-8-17)14-25(2,15-26)12-11-20(32)27-18-9-6-10-19(13-18)30-31-21-22(33)28-24(35)29-23(21)34/h3-10,13,16,30H,11-12,14H2,1-2H3,(H,27,32)(H2,28,29,33,34,35). The van der Waals surface area contributed by atoms with Gasteiger partial charge in [-0.3, -0.25) is 30.4 Å². The van der Waals surface area contributed by atoms with Gasteiger partial charge in [-0.05, 0) is 49.4 Å². The first-order valence-corrected chi connectivity index (χ1v) is 11.1. The van der Waals surface area contributed by atoms with E-state index in [-0.39, 0.29) is 18.2 Å². The zero-order chi connectivity index (χ0) is 25.4. The molecule has 1 saturated heterocycles. The van der Waals surface area contributed by atoms with E-state index in [0.717, 1.165) is 5.56 Å². The molecule has 1 aliphatic rings. The van der Waals surface area contributed by atoms with Crippen molar-refractivity contribution in [1.82, 2.24) is 10.6 Å². The second-order valence-electron chi connectivity index (χ2n) is 8.63. The quantitative estimate of drug-likeness (QED) is 0.409. The zero-order valence-electron chi connectivity index (χ0n) is 19.4. The maximum absolute atomic E-state index is 12.6. The molecular weight excluding hydrogens is 448 g/mol. The van der Waals surface area contributed by atoms with E-state index in [4.69, 9.17) is 0 Å². The SMILES string of the molecule is CC(CC(C)(C#N)CCC(=O)Nc1cccc(NN=C2C(=O)NC(=O)NC2=O)c1)c1ccccc1. The number of imide groups is 2. The van der Waals surface area contributed by atoms with Crippen LogP contribution in [0.3, 0.4) is 0 Å². The molecule has 0 radical (unpaired) electrons. The molecule has 0 aromatic heterocycles. The lowest BCUT2D eigenvalue weighted by Gasteiger charge is -2.25. The van der Waals surface area contributed by atoms with Crippen LogP contribution in [0, 0.1) is 16.7 Å². The lowest BCUT2D eigenvalue weighted by Crippen LogP contribution is -2.56. The van der Waals surface area contributed by atoms with Crippen molar-refractivity contribution in [3.05, 3.63) is 60.2 Å². The Morgan fingerprint density at radius 1 is 1.06 bits per heavy atom. The third-order valence-electron chi connectivity index (χ3n) is 5.63. The van der Waals surface area contributed by atoms with E-state index in [0.29, 0.717) is 24.2 Å². The van der Waals surface area contributed by atoms with Crippen molar-refractivity contribution >= 4 is 40.8 Å². The Bertz CT molecular complexity index is 1180. The van der Waals surface area contributed by atoms with Gasteiger partial charge in [-0.1, -0.05) is 43.3 Å². The van der Waals surface area contributed by atoms with Gasteiger partial charge in [0.25, 0.3) is 11.8 Å². The second-order valence-corrected chi connectivity index (χ2v) is 8.63. The van der Waals surface area contributed by atoms with Gasteiger partial charge in [0.2, 0.25) is 11.6 Å². The molecule has 4 N–H and O–H groups in total. The molecule has 0 aliphatic carbocycles. The van der Waals surface area contributed by atoms with Crippen LogP contribution in [-0.2, 0) is 14.4 Å². The fraction of sp³-hybridized carbons (Fsp3) is 0.280. The van der Waals surface area contributed by atoms with Gasteiger partial charge in [0.05, 0.1) is 17.2 Å². The molecule has 35 heavy (non-hydrogen) atoms. The molecule has 2 unspecified atom stereocenters. The van der Waals surface area contributed by atoms with Crippen molar-refractivity contribution in [2.75, 3.05) is 10.7 Å². The highest BCUT2D eigenvalue weighted by Gasteiger charge is 2.30. The molecule has 1 heterocycles. The highest BCUT2D eigenvalue weighted by Crippen LogP contribution is 2.35. The molecule has 2 atom stereocenters. The van der Waals surface area contributed by atoms with Crippen LogP contribution in [0.1, 0.15) is 44.6 Å². The number of hydrazone groups is 1. The molecule has 0 saturated carbocycles. The Morgan fingerprint density at radius 2 is 1.71 bits per heavy atom. The summed E-state index contributed by atoms with van der Waals surface area (Å²) in [6, 6.07) is 18.0. The lowest BCUT2D eigenvalue weighted by atomic mass is 9.77. The molecule has 10 heteroatoms. The van der Waals surface area contributed by atoms with Gasteiger partial charge in [-0.2, -0.15) is 10.4 Å². The van der Waals surface area contributed by atoms with Crippen molar-refractivity contribution in [1.29, 1.82) is 5.26 Å². The normalized spacial score (nSPS) is 15.7. The summed E-state index contributed by atoms with van der Waals surface area (Å²) in [5.74, 6) is -1.90. The van der Waals surface area contributed by atoms with Crippen LogP contribution in [0.5, 0.6) is 0 Å². The minimum Gasteiger partial charge on any atom is -0.326 e. The summed E-state index contributed by atoms with van der Waals surface area (Å²) in [6.45, 7) is 3.94. The second kappa shape index (κ2) is 11.1. The fourth-order valence-electron chi connectivity index (χ4n) is 3.74. The number of barbiturate groups is 1. The first-order valence-electron chi connectivity index (χ1n) is 11.1. The number of carbonyl (C=O) groups excluding carboxylic acids is 4. The third kappa shape index (κ3) is 6.98.